The van der Waals surface area contributed by atoms with Gasteiger partial charge in [-0.15, -0.1) is 24.8 Å². The largest absolute Gasteiger partial charge is 0.463 e. The first kappa shape index (κ1) is 22.0. The number of esters is 1. The molecule has 23 heavy (non-hydrogen) atoms. The Morgan fingerprint density at radius 2 is 2.17 bits per heavy atom. The molecule has 1 aromatic heterocycles. The molecule has 5 nitrogen and oxygen atoms in total. The van der Waals surface area contributed by atoms with Gasteiger partial charge in [0, 0.05) is 18.3 Å². The molecule has 0 aromatic carbocycles. The van der Waals surface area contributed by atoms with Crippen molar-refractivity contribution in [3.8, 4) is 0 Å². The maximum absolute atomic E-state index is 11.3. The monoisotopic (exact) mass is 381 g/mol. The molecular weight excluding hydrogens is 361 g/mol. The van der Waals surface area contributed by atoms with E-state index in [-0.39, 0.29) is 30.8 Å². The van der Waals surface area contributed by atoms with Crippen molar-refractivity contribution >= 4 is 54.3 Å². The number of carbonyl (C=O) groups excluding carboxylic acids is 1. The molecule has 2 rings (SSSR count). The number of hydrogen-bond acceptors (Lipinski definition) is 5. The summed E-state index contributed by atoms with van der Waals surface area (Å²) in [4.78, 5) is 15.6. The number of carbonyl (C=O) groups is 1. The van der Waals surface area contributed by atoms with Crippen LogP contribution in [0.4, 0.5) is 5.82 Å². The Morgan fingerprint density at radius 1 is 1.48 bits per heavy atom. The van der Waals surface area contributed by atoms with Crippen LogP contribution in [0.5, 0.6) is 0 Å². The normalized spacial score (nSPS) is 14.7. The van der Waals surface area contributed by atoms with Gasteiger partial charge in [0.25, 0.3) is 0 Å². The molecule has 2 heterocycles. The number of aromatic nitrogens is 1. The van der Waals surface area contributed by atoms with E-state index in [1.807, 2.05) is 0 Å². The molecule has 1 saturated heterocycles. The molecule has 8 heteroatoms. The Morgan fingerprint density at radius 3 is 2.78 bits per heavy atom. The number of hydrogen-bond donors (Lipinski definition) is 2. The minimum atomic E-state index is -0.370. The number of pyridine rings is 1. The number of halogens is 3. The third-order valence-electron chi connectivity index (χ3n) is 3.24. The van der Waals surface area contributed by atoms with E-state index in [9.17, 15) is 4.79 Å². The summed E-state index contributed by atoms with van der Waals surface area (Å²) < 4.78 is 4.82. The maximum atomic E-state index is 11.3. The number of nitrogens with one attached hydrogen (secondary N) is 2. The van der Waals surface area contributed by atoms with Crippen molar-refractivity contribution in [1.82, 2.24) is 10.3 Å². The first-order valence-corrected chi connectivity index (χ1v) is 7.54. The average Bonchev–Trinajstić information content (AvgIpc) is 2.49. The van der Waals surface area contributed by atoms with E-state index >= 15 is 0 Å². The molecule has 1 aliphatic rings. The summed E-state index contributed by atoms with van der Waals surface area (Å²) >= 11 is 6.23. The second kappa shape index (κ2) is 11.5. The Kier molecular flexibility index (Phi) is 11.0. The van der Waals surface area contributed by atoms with Crippen LogP contribution < -0.4 is 10.6 Å². The lowest BCUT2D eigenvalue weighted by atomic mass is 10.1. The van der Waals surface area contributed by atoms with Crippen LogP contribution in [0.3, 0.4) is 0 Å². The summed E-state index contributed by atoms with van der Waals surface area (Å²) in [6, 6.07) is 2.19. The smallest absolute Gasteiger partial charge is 0.330 e. The fourth-order valence-electron chi connectivity index (χ4n) is 2.16. The number of piperidine rings is 1. The maximum Gasteiger partial charge on any atom is 0.330 e. The number of anilines is 1. The van der Waals surface area contributed by atoms with E-state index in [0.29, 0.717) is 23.5 Å². The molecule has 1 aromatic rings. The summed E-state index contributed by atoms with van der Waals surface area (Å²) in [5, 5.41) is 7.23. The lowest BCUT2D eigenvalue weighted by Crippen LogP contribution is -2.35. The van der Waals surface area contributed by atoms with Crippen molar-refractivity contribution in [3.05, 3.63) is 28.9 Å². The SMILES string of the molecule is CCOC(=O)/C=C/c1cnc(NC2CCNCC2)c(Cl)c1.Cl.Cl. The fourth-order valence-corrected chi connectivity index (χ4v) is 2.39. The fraction of sp³-hybridized carbons (Fsp3) is 0.467. The molecule has 0 aliphatic carbocycles. The number of ether oxygens (including phenoxy) is 1. The predicted molar refractivity (Wildman–Crippen MR) is 98.9 cm³/mol. The van der Waals surface area contributed by atoms with Crippen LogP contribution >= 0.6 is 36.4 Å². The average molecular weight is 383 g/mol. The van der Waals surface area contributed by atoms with Gasteiger partial charge in [-0.1, -0.05) is 11.6 Å². The Balaban J connectivity index is 0.00000242. The Labute approximate surface area is 154 Å². The lowest BCUT2D eigenvalue weighted by molar-refractivity contribution is -0.137. The van der Waals surface area contributed by atoms with Gasteiger partial charge in [-0.2, -0.15) is 0 Å². The van der Waals surface area contributed by atoms with Crippen molar-refractivity contribution in [2.75, 3.05) is 25.0 Å². The van der Waals surface area contributed by atoms with E-state index in [2.05, 4.69) is 15.6 Å². The van der Waals surface area contributed by atoms with Crippen LogP contribution in [-0.4, -0.2) is 36.7 Å². The highest BCUT2D eigenvalue weighted by atomic mass is 35.5. The van der Waals surface area contributed by atoms with Gasteiger partial charge in [0.15, 0.2) is 0 Å². The van der Waals surface area contributed by atoms with E-state index in [1.54, 1.807) is 25.3 Å². The van der Waals surface area contributed by atoms with Crippen LogP contribution in [0, 0.1) is 0 Å². The zero-order chi connectivity index (χ0) is 15.1. The highest BCUT2D eigenvalue weighted by Gasteiger charge is 2.14. The van der Waals surface area contributed by atoms with E-state index in [1.165, 1.54) is 6.08 Å². The van der Waals surface area contributed by atoms with Crippen LogP contribution in [0.25, 0.3) is 6.08 Å². The van der Waals surface area contributed by atoms with Gasteiger partial charge in [0.05, 0.1) is 11.6 Å². The molecule has 0 saturated carbocycles. The second-order valence-electron chi connectivity index (χ2n) is 4.85. The minimum Gasteiger partial charge on any atom is -0.463 e. The van der Waals surface area contributed by atoms with Gasteiger partial charge < -0.3 is 15.4 Å². The van der Waals surface area contributed by atoms with E-state index in [4.69, 9.17) is 16.3 Å². The highest BCUT2D eigenvalue weighted by Crippen LogP contribution is 2.23. The van der Waals surface area contributed by atoms with Gasteiger partial charge in [0.1, 0.15) is 5.82 Å². The molecule has 130 valence electrons. The van der Waals surface area contributed by atoms with E-state index < -0.39 is 0 Å². The second-order valence-corrected chi connectivity index (χ2v) is 5.26. The topological polar surface area (TPSA) is 63.2 Å². The quantitative estimate of drug-likeness (QED) is 0.604. The zero-order valence-corrected chi connectivity index (χ0v) is 15.3. The predicted octanol–water partition coefficient (Wildman–Crippen LogP) is 3.32. The molecule has 0 unspecified atom stereocenters. The van der Waals surface area contributed by atoms with E-state index in [0.717, 1.165) is 31.5 Å². The van der Waals surface area contributed by atoms with Crippen molar-refractivity contribution in [2.24, 2.45) is 0 Å². The first-order valence-electron chi connectivity index (χ1n) is 7.16. The highest BCUT2D eigenvalue weighted by molar-refractivity contribution is 6.33. The summed E-state index contributed by atoms with van der Waals surface area (Å²) in [5.41, 5.74) is 0.768. The van der Waals surface area contributed by atoms with Crippen LogP contribution in [-0.2, 0) is 9.53 Å². The molecule has 0 spiro atoms. The van der Waals surface area contributed by atoms with Crippen molar-refractivity contribution in [1.29, 1.82) is 0 Å². The van der Waals surface area contributed by atoms with Gasteiger partial charge >= 0.3 is 5.97 Å². The standard InChI is InChI=1S/C15H20ClN3O2.2ClH/c1-2-21-14(20)4-3-11-9-13(16)15(18-10-11)19-12-5-7-17-8-6-12;;/h3-4,9-10,12,17H,2,5-8H2,1H3,(H,18,19);2*1H/b4-3+;;. The molecule has 0 atom stereocenters. The molecule has 1 aliphatic heterocycles. The minimum absolute atomic E-state index is 0. The zero-order valence-electron chi connectivity index (χ0n) is 12.9. The van der Waals surface area contributed by atoms with Crippen LogP contribution in [0.1, 0.15) is 25.3 Å². The third kappa shape index (κ3) is 7.40. The summed E-state index contributed by atoms with van der Waals surface area (Å²) in [6.07, 6.45) is 6.82. The Hall–Kier alpha value is -1.01. The van der Waals surface area contributed by atoms with Crippen LogP contribution in [0.15, 0.2) is 18.3 Å². The molecule has 1 fully saturated rings. The molecule has 0 radical (unpaired) electrons. The number of rotatable bonds is 5. The lowest BCUT2D eigenvalue weighted by Gasteiger charge is -2.24. The van der Waals surface area contributed by atoms with Gasteiger partial charge in [-0.3, -0.25) is 0 Å². The van der Waals surface area contributed by atoms with Crippen molar-refractivity contribution < 1.29 is 9.53 Å². The van der Waals surface area contributed by atoms with Gasteiger partial charge in [-0.25, -0.2) is 9.78 Å². The van der Waals surface area contributed by atoms with Crippen molar-refractivity contribution in [3.63, 3.8) is 0 Å². The Bertz CT molecular complexity index is 521. The molecular formula is C15H22Cl3N3O2. The molecule has 0 bridgehead atoms. The summed E-state index contributed by atoms with van der Waals surface area (Å²) in [6.45, 7) is 4.15. The van der Waals surface area contributed by atoms with Crippen molar-refractivity contribution in [2.45, 2.75) is 25.8 Å². The molecule has 0 amide bonds. The van der Waals surface area contributed by atoms with Crippen LogP contribution in [0.2, 0.25) is 5.02 Å². The number of nitrogens with zero attached hydrogens (tertiary/aromatic N) is 1. The molecule has 2 N–H and O–H groups in total. The first-order chi connectivity index (χ1) is 10.2. The summed E-state index contributed by atoms with van der Waals surface area (Å²) in [5.74, 6) is 0.322. The third-order valence-corrected chi connectivity index (χ3v) is 3.53. The van der Waals surface area contributed by atoms with Gasteiger partial charge in [0.2, 0.25) is 0 Å². The summed E-state index contributed by atoms with van der Waals surface area (Å²) in [7, 11) is 0. The van der Waals surface area contributed by atoms with Gasteiger partial charge in [-0.05, 0) is 50.6 Å².